The fraction of sp³-hybridized carbons (Fsp3) is 0.577. The van der Waals surface area contributed by atoms with Crippen molar-refractivity contribution in [2.75, 3.05) is 44.4 Å². The van der Waals surface area contributed by atoms with E-state index in [0.29, 0.717) is 35.9 Å². The summed E-state index contributed by atoms with van der Waals surface area (Å²) >= 11 is 0. The second kappa shape index (κ2) is 9.53. The number of hydrogen-bond donors (Lipinski definition) is 2. The van der Waals surface area contributed by atoms with E-state index in [1.54, 1.807) is 12.3 Å². The molecular weight excluding hydrogens is 474 g/mol. The zero-order chi connectivity index (χ0) is 24.8. The molecule has 3 aliphatic heterocycles. The Morgan fingerprint density at radius 1 is 1.19 bits per heavy atom. The smallest absolute Gasteiger partial charge is 0.319 e. The van der Waals surface area contributed by atoms with Gasteiger partial charge in [-0.3, -0.25) is 9.89 Å². The fourth-order valence-electron chi connectivity index (χ4n) is 5.95. The van der Waals surface area contributed by atoms with Gasteiger partial charge in [0.05, 0.1) is 25.0 Å². The minimum Gasteiger partial charge on any atom is -0.461 e. The largest absolute Gasteiger partial charge is 0.461 e. The van der Waals surface area contributed by atoms with Crippen molar-refractivity contribution in [2.24, 2.45) is 11.8 Å². The molecule has 0 bridgehead atoms. The Morgan fingerprint density at radius 3 is 2.86 bits per heavy atom. The summed E-state index contributed by atoms with van der Waals surface area (Å²) in [5.41, 5.74) is 2.24. The first-order chi connectivity index (χ1) is 18.2. The Bertz CT molecular complexity index is 1270. The molecule has 2 N–H and O–H groups in total. The van der Waals surface area contributed by atoms with Gasteiger partial charge in [-0.25, -0.2) is 4.98 Å². The number of ether oxygens (including phenoxy) is 3. The van der Waals surface area contributed by atoms with Crippen LogP contribution in [-0.4, -0.2) is 82.7 Å². The number of pyridine rings is 1. The van der Waals surface area contributed by atoms with Crippen molar-refractivity contribution in [1.82, 2.24) is 30.5 Å². The molecule has 11 nitrogen and oxygen atoms in total. The van der Waals surface area contributed by atoms with E-state index in [0.717, 1.165) is 75.3 Å². The van der Waals surface area contributed by atoms with Gasteiger partial charge in [0.1, 0.15) is 18.1 Å². The number of carbonyl (C=O) groups excluding carboxylic acids is 1. The van der Waals surface area contributed by atoms with Crippen LogP contribution < -0.4 is 15.0 Å². The van der Waals surface area contributed by atoms with E-state index in [1.165, 1.54) is 0 Å². The number of aromatic amines is 1. The summed E-state index contributed by atoms with van der Waals surface area (Å²) in [5.74, 6) is 1.72. The van der Waals surface area contributed by atoms with Gasteiger partial charge >= 0.3 is 6.01 Å². The summed E-state index contributed by atoms with van der Waals surface area (Å²) in [6.07, 6.45) is 5.67. The SMILES string of the molecule is O=C(N[C@H]1[C@@H]2COC[C@@H]21)c1cc(N2CCC(c3n[nH]c4ncccc34)CC2)nc(OC[C@H]2CCCO2)n1. The zero-order valence-corrected chi connectivity index (χ0v) is 20.6. The first-order valence-corrected chi connectivity index (χ1v) is 13.3. The van der Waals surface area contributed by atoms with E-state index in [-0.39, 0.29) is 24.1 Å². The number of H-pyrrole nitrogens is 1. The topological polar surface area (TPSA) is 127 Å². The number of hydrogen-bond acceptors (Lipinski definition) is 9. The third-order valence-electron chi connectivity index (χ3n) is 8.17. The van der Waals surface area contributed by atoms with Crippen LogP contribution in [0.15, 0.2) is 24.4 Å². The maximum absolute atomic E-state index is 13.1. The summed E-state index contributed by atoms with van der Waals surface area (Å²) in [6.45, 7) is 4.18. The number of aromatic nitrogens is 5. The lowest BCUT2D eigenvalue weighted by molar-refractivity contribution is 0.0643. The molecule has 7 rings (SSSR count). The maximum atomic E-state index is 13.1. The molecule has 37 heavy (non-hydrogen) atoms. The van der Waals surface area contributed by atoms with Crippen LogP contribution in [0.2, 0.25) is 0 Å². The predicted octanol–water partition coefficient (Wildman–Crippen LogP) is 2.06. The standard InChI is InChI=1S/C26H31N7O4/c34-25(30-23-18-13-35-14-19(18)23)20-11-21(29-26(28-20)37-12-16-3-2-10-36-16)33-8-5-15(6-9-33)22-17-4-1-7-27-24(17)32-31-22/h1,4,7,11,15-16,18-19,23H,2-3,5-6,8-10,12-14H2,(H,30,34)(H,27,31,32)/t16-,18-,19+,23+/m1/s1. The second-order valence-corrected chi connectivity index (χ2v) is 10.5. The molecule has 3 saturated heterocycles. The molecule has 4 aliphatic rings. The summed E-state index contributed by atoms with van der Waals surface area (Å²) in [5, 5.41) is 11.8. The van der Waals surface area contributed by atoms with Crippen molar-refractivity contribution in [1.29, 1.82) is 0 Å². The van der Waals surface area contributed by atoms with Crippen molar-refractivity contribution in [3.05, 3.63) is 35.8 Å². The first-order valence-electron chi connectivity index (χ1n) is 13.3. The highest BCUT2D eigenvalue weighted by atomic mass is 16.5. The van der Waals surface area contributed by atoms with E-state index in [2.05, 4.69) is 36.4 Å². The Kier molecular flexibility index (Phi) is 5.89. The van der Waals surface area contributed by atoms with E-state index < -0.39 is 0 Å². The predicted molar refractivity (Wildman–Crippen MR) is 134 cm³/mol. The molecule has 4 atom stereocenters. The number of fused-ring (bicyclic) bond motifs is 2. The third-order valence-corrected chi connectivity index (χ3v) is 8.17. The number of amides is 1. The van der Waals surface area contributed by atoms with Crippen molar-refractivity contribution in [3.8, 4) is 6.01 Å². The third kappa shape index (κ3) is 4.50. The van der Waals surface area contributed by atoms with Crippen LogP contribution in [-0.2, 0) is 9.47 Å². The number of nitrogens with one attached hydrogen (secondary N) is 2. The summed E-state index contributed by atoms with van der Waals surface area (Å²) < 4.78 is 17.1. The van der Waals surface area contributed by atoms with E-state index in [1.807, 2.05) is 6.07 Å². The number of anilines is 1. The van der Waals surface area contributed by atoms with Gasteiger partial charge in [-0.1, -0.05) is 0 Å². The summed E-state index contributed by atoms with van der Waals surface area (Å²) in [6, 6.07) is 6.20. The monoisotopic (exact) mass is 505 g/mol. The van der Waals surface area contributed by atoms with Crippen molar-refractivity contribution in [2.45, 2.75) is 43.7 Å². The molecule has 0 unspecified atom stereocenters. The Hall–Kier alpha value is -3.31. The average molecular weight is 506 g/mol. The second-order valence-electron chi connectivity index (χ2n) is 10.5. The van der Waals surface area contributed by atoms with Crippen LogP contribution >= 0.6 is 0 Å². The van der Waals surface area contributed by atoms with Crippen LogP contribution in [0.4, 0.5) is 5.82 Å². The number of carbonyl (C=O) groups is 1. The van der Waals surface area contributed by atoms with Gasteiger partial charge < -0.3 is 24.4 Å². The van der Waals surface area contributed by atoms with Crippen LogP contribution in [0, 0.1) is 11.8 Å². The van der Waals surface area contributed by atoms with Gasteiger partial charge in [0.15, 0.2) is 5.65 Å². The molecule has 6 heterocycles. The average Bonchev–Trinajstić information content (AvgIpc) is 3.47. The molecule has 1 amide bonds. The van der Waals surface area contributed by atoms with Crippen molar-refractivity contribution < 1.29 is 19.0 Å². The van der Waals surface area contributed by atoms with Crippen LogP contribution in [0.3, 0.4) is 0 Å². The number of nitrogens with zero attached hydrogens (tertiary/aromatic N) is 5. The molecule has 4 fully saturated rings. The van der Waals surface area contributed by atoms with Gasteiger partial charge in [0.2, 0.25) is 0 Å². The van der Waals surface area contributed by atoms with Crippen LogP contribution in [0.5, 0.6) is 6.01 Å². The molecule has 3 aromatic rings. The van der Waals surface area contributed by atoms with Gasteiger partial charge in [0.25, 0.3) is 5.91 Å². The molecule has 11 heteroatoms. The maximum Gasteiger partial charge on any atom is 0.319 e. The van der Waals surface area contributed by atoms with E-state index in [9.17, 15) is 4.79 Å². The van der Waals surface area contributed by atoms with Gasteiger partial charge in [-0.05, 0) is 37.8 Å². The van der Waals surface area contributed by atoms with Crippen LogP contribution in [0.1, 0.15) is 47.8 Å². The number of piperidine rings is 1. The summed E-state index contributed by atoms with van der Waals surface area (Å²) in [7, 11) is 0. The zero-order valence-electron chi connectivity index (χ0n) is 20.6. The number of rotatable bonds is 7. The highest BCUT2D eigenvalue weighted by molar-refractivity contribution is 5.93. The lowest BCUT2D eigenvalue weighted by Gasteiger charge is -2.32. The van der Waals surface area contributed by atoms with E-state index in [4.69, 9.17) is 19.2 Å². The first kappa shape index (κ1) is 22.9. The minimum atomic E-state index is -0.185. The molecule has 3 aromatic heterocycles. The van der Waals surface area contributed by atoms with Crippen molar-refractivity contribution >= 4 is 22.8 Å². The lowest BCUT2D eigenvalue weighted by atomic mass is 9.92. The molecule has 0 aromatic carbocycles. The van der Waals surface area contributed by atoms with Gasteiger partial charge in [0, 0.05) is 61.1 Å². The minimum absolute atomic E-state index is 0.0456. The van der Waals surface area contributed by atoms with Gasteiger partial charge in [-0.15, -0.1) is 0 Å². The normalized spacial score (nSPS) is 27.4. The molecule has 0 radical (unpaired) electrons. The Morgan fingerprint density at radius 2 is 2.05 bits per heavy atom. The fourth-order valence-corrected chi connectivity index (χ4v) is 5.95. The molecule has 1 aliphatic carbocycles. The van der Waals surface area contributed by atoms with Crippen LogP contribution in [0.25, 0.3) is 11.0 Å². The molecular formula is C26H31N7O4. The summed E-state index contributed by atoms with van der Waals surface area (Å²) in [4.78, 5) is 28.9. The quantitative estimate of drug-likeness (QED) is 0.496. The highest BCUT2D eigenvalue weighted by Gasteiger charge is 2.54. The van der Waals surface area contributed by atoms with Crippen molar-refractivity contribution in [3.63, 3.8) is 0 Å². The van der Waals surface area contributed by atoms with E-state index >= 15 is 0 Å². The molecule has 0 spiro atoms. The lowest BCUT2D eigenvalue weighted by Crippen LogP contribution is -2.35. The van der Waals surface area contributed by atoms with Gasteiger partial charge in [-0.2, -0.15) is 15.1 Å². The molecule has 1 saturated carbocycles. The highest BCUT2D eigenvalue weighted by Crippen LogP contribution is 2.44. The molecule has 194 valence electrons. The Labute approximate surface area is 214 Å². The Balaban J connectivity index is 1.07.